The van der Waals surface area contributed by atoms with Crippen molar-refractivity contribution in [3.05, 3.63) is 71.3 Å². The Balaban J connectivity index is 0.00000261. The Morgan fingerprint density at radius 2 is 1.81 bits per heavy atom. The number of benzene rings is 2. The predicted molar refractivity (Wildman–Crippen MR) is 109 cm³/mol. The van der Waals surface area contributed by atoms with E-state index in [1.54, 1.807) is 6.92 Å². The molecule has 144 valence electrons. The van der Waals surface area contributed by atoms with Gasteiger partial charge in [-0.05, 0) is 29.7 Å². The fraction of sp³-hybridized carbons (Fsp3) is 0.333. The molecule has 0 spiro atoms. The topological polar surface area (TPSA) is 70.2 Å². The van der Waals surface area contributed by atoms with Gasteiger partial charge in [-0.3, -0.25) is 9.59 Å². The van der Waals surface area contributed by atoms with E-state index in [4.69, 9.17) is 0 Å². The molecule has 2 amide bonds. The minimum absolute atomic E-state index is 0. The van der Waals surface area contributed by atoms with E-state index in [0.717, 1.165) is 18.5 Å². The van der Waals surface area contributed by atoms with E-state index in [1.165, 1.54) is 11.1 Å². The molecule has 0 aromatic heterocycles. The second-order valence-electron chi connectivity index (χ2n) is 6.47. The lowest BCUT2D eigenvalue weighted by atomic mass is 9.94. The molecular weight excluding hydrogens is 362 g/mol. The van der Waals surface area contributed by atoms with Gasteiger partial charge in [-0.25, -0.2) is 0 Å². The van der Waals surface area contributed by atoms with Crippen molar-refractivity contribution >= 4 is 24.2 Å². The lowest BCUT2D eigenvalue weighted by Gasteiger charge is -2.28. The van der Waals surface area contributed by atoms with Gasteiger partial charge in [0, 0.05) is 19.0 Å². The molecule has 3 N–H and O–H groups in total. The van der Waals surface area contributed by atoms with E-state index in [-0.39, 0.29) is 30.3 Å². The molecule has 2 aromatic rings. The van der Waals surface area contributed by atoms with Crippen molar-refractivity contribution in [3.63, 3.8) is 0 Å². The lowest BCUT2D eigenvalue weighted by molar-refractivity contribution is -0.129. The Labute approximate surface area is 166 Å². The molecule has 0 aliphatic carbocycles. The maximum absolute atomic E-state index is 12.8. The van der Waals surface area contributed by atoms with E-state index in [9.17, 15) is 9.59 Å². The molecule has 0 saturated heterocycles. The quantitative estimate of drug-likeness (QED) is 0.713. The maximum Gasteiger partial charge on any atom is 0.247 e. The van der Waals surface area contributed by atoms with Crippen LogP contribution in [0.25, 0.3) is 0 Å². The van der Waals surface area contributed by atoms with E-state index >= 15 is 0 Å². The summed E-state index contributed by atoms with van der Waals surface area (Å²) >= 11 is 0. The van der Waals surface area contributed by atoms with Crippen LogP contribution in [0.2, 0.25) is 0 Å². The minimum atomic E-state index is -0.678. The Bertz CT molecular complexity index is 767. The van der Waals surface area contributed by atoms with Gasteiger partial charge in [0.15, 0.2) is 0 Å². The molecule has 2 atom stereocenters. The average molecular weight is 388 g/mol. The summed E-state index contributed by atoms with van der Waals surface area (Å²) in [7, 11) is 0. The molecule has 0 bridgehead atoms. The summed E-state index contributed by atoms with van der Waals surface area (Å²) in [6.07, 6.45) is 1.34. The number of carbonyl (C=O) groups is 2. The van der Waals surface area contributed by atoms with Crippen molar-refractivity contribution in [1.29, 1.82) is 0 Å². The van der Waals surface area contributed by atoms with Crippen LogP contribution in [0.15, 0.2) is 54.6 Å². The number of hydrogen-bond donors (Lipinski definition) is 3. The molecule has 3 rings (SSSR count). The molecule has 5 nitrogen and oxygen atoms in total. The molecule has 2 aromatic carbocycles. The number of amides is 2. The van der Waals surface area contributed by atoms with Gasteiger partial charge in [0.05, 0.1) is 0 Å². The first kappa shape index (κ1) is 20.9. The van der Waals surface area contributed by atoms with Gasteiger partial charge in [0.1, 0.15) is 6.04 Å². The highest BCUT2D eigenvalue weighted by atomic mass is 35.5. The van der Waals surface area contributed by atoms with Crippen LogP contribution < -0.4 is 16.0 Å². The summed E-state index contributed by atoms with van der Waals surface area (Å²) < 4.78 is 0. The summed E-state index contributed by atoms with van der Waals surface area (Å²) in [6.45, 7) is 3.16. The van der Waals surface area contributed by atoms with Gasteiger partial charge in [0.2, 0.25) is 11.8 Å². The number of carbonyl (C=O) groups excluding carboxylic acids is 2. The maximum atomic E-state index is 12.8. The third-order valence-electron chi connectivity index (χ3n) is 4.72. The fourth-order valence-electron chi connectivity index (χ4n) is 3.29. The van der Waals surface area contributed by atoms with E-state index in [1.807, 2.05) is 42.5 Å². The van der Waals surface area contributed by atoms with Crippen molar-refractivity contribution in [2.75, 3.05) is 13.1 Å². The molecule has 6 heteroatoms. The zero-order chi connectivity index (χ0) is 18.4. The summed E-state index contributed by atoms with van der Waals surface area (Å²) in [5, 5.41) is 9.28. The van der Waals surface area contributed by atoms with Gasteiger partial charge >= 0.3 is 0 Å². The molecule has 0 saturated carbocycles. The molecule has 1 aliphatic rings. The standard InChI is InChI=1S/C21H25N3O2.ClH/c1-2-19(25)24-20(16-9-4-3-5-10-16)21(26)23-14-18-17-11-7-6-8-15(17)12-13-22-18;/h3-11,18,20,22H,2,12-14H2,1H3,(H,23,26)(H,24,25);1H. The Hall–Kier alpha value is -2.37. The summed E-state index contributed by atoms with van der Waals surface area (Å²) in [5.41, 5.74) is 3.33. The molecular formula is C21H26ClN3O2. The number of rotatable bonds is 6. The van der Waals surface area contributed by atoms with Gasteiger partial charge in [-0.2, -0.15) is 0 Å². The van der Waals surface area contributed by atoms with Crippen LogP contribution in [0.5, 0.6) is 0 Å². The SMILES string of the molecule is CCC(=O)NC(C(=O)NCC1NCCc2ccccc21)c1ccccc1.Cl. The molecule has 27 heavy (non-hydrogen) atoms. The van der Waals surface area contributed by atoms with E-state index in [2.05, 4.69) is 28.1 Å². The number of hydrogen-bond acceptors (Lipinski definition) is 3. The van der Waals surface area contributed by atoms with Gasteiger partial charge < -0.3 is 16.0 Å². The van der Waals surface area contributed by atoms with E-state index < -0.39 is 6.04 Å². The Morgan fingerprint density at radius 1 is 1.11 bits per heavy atom. The second kappa shape index (κ2) is 10.1. The first-order valence-corrected chi connectivity index (χ1v) is 9.12. The van der Waals surface area contributed by atoms with Crippen molar-refractivity contribution in [1.82, 2.24) is 16.0 Å². The van der Waals surface area contributed by atoms with E-state index in [0.29, 0.717) is 13.0 Å². The molecule has 2 unspecified atom stereocenters. The first-order chi connectivity index (χ1) is 12.7. The third kappa shape index (κ3) is 5.31. The summed E-state index contributed by atoms with van der Waals surface area (Å²) in [4.78, 5) is 24.7. The summed E-state index contributed by atoms with van der Waals surface area (Å²) in [6, 6.07) is 17.1. The van der Waals surface area contributed by atoms with Crippen molar-refractivity contribution in [2.24, 2.45) is 0 Å². The third-order valence-corrected chi connectivity index (χ3v) is 4.72. The fourth-order valence-corrected chi connectivity index (χ4v) is 3.29. The highest BCUT2D eigenvalue weighted by Crippen LogP contribution is 2.22. The van der Waals surface area contributed by atoms with Crippen LogP contribution in [0.3, 0.4) is 0 Å². The number of nitrogens with one attached hydrogen (secondary N) is 3. The van der Waals surface area contributed by atoms with Gasteiger partial charge in [-0.1, -0.05) is 61.5 Å². The monoisotopic (exact) mass is 387 g/mol. The molecule has 0 fully saturated rings. The van der Waals surface area contributed by atoms with Crippen LogP contribution in [-0.2, 0) is 16.0 Å². The zero-order valence-electron chi connectivity index (χ0n) is 15.4. The van der Waals surface area contributed by atoms with Gasteiger partial charge in [-0.15, -0.1) is 12.4 Å². The van der Waals surface area contributed by atoms with Crippen LogP contribution in [0, 0.1) is 0 Å². The number of fused-ring (bicyclic) bond motifs is 1. The minimum Gasteiger partial charge on any atom is -0.352 e. The highest BCUT2D eigenvalue weighted by Gasteiger charge is 2.24. The smallest absolute Gasteiger partial charge is 0.247 e. The largest absolute Gasteiger partial charge is 0.352 e. The predicted octanol–water partition coefficient (Wildman–Crippen LogP) is 2.68. The summed E-state index contributed by atoms with van der Waals surface area (Å²) in [5.74, 6) is -0.335. The van der Waals surface area contributed by atoms with Gasteiger partial charge in [0.25, 0.3) is 0 Å². The van der Waals surface area contributed by atoms with Crippen LogP contribution in [0.4, 0.5) is 0 Å². The Morgan fingerprint density at radius 3 is 2.56 bits per heavy atom. The second-order valence-corrected chi connectivity index (χ2v) is 6.47. The number of halogens is 1. The van der Waals surface area contributed by atoms with Crippen LogP contribution in [-0.4, -0.2) is 24.9 Å². The van der Waals surface area contributed by atoms with Crippen molar-refractivity contribution < 1.29 is 9.59 Å². The lowest BCUT2D eigenvalue weighted by Crippen LogP contribution is -2.44. The zero-order valence-corrected chi connectivity index (χ0v) is 16.2. The van der Waals surface area contributed by atoms with Crippen molar-refractivity contribution in [2.45, 2.75) is 31.8 Å². The van der Waals surface area contributed by atoms with Crippen LogP contribution in [0.1, 0.15) is 42.1 Å². The normalized spacial score (nSPS) is 16.4. The average Bonchev–Trinajstić information content (AvgIpc) is 2.70. The van der Waals surface area contributed by atoms with Crippen molar-refractivity contribution in [3.8, 4) is 0 Å². The first-order valence-electron chi connectivity index (χ1n) is 9.12. The Kier molecular flexibility index (Phi) is 7.82. The molecule has 0 radical (unpaired) electrons. The van der Waals surface area contributed by atoms with Crippen LogP contribution >= 0.6 is 12.4 Å². The molecule has 1 aliphatic heterocycles. The molecule has 1 heterocycles. The highest BCUT2D eigenvalue weighted by molar-refractivity contribution is 5.88.